The van der Waals surface area contributed by atoms with Gasteiger partial charge in [-0.3, -0.25) is 4.79 Å². The van der Waals surface area contributed by atoms with Gasteiger partial charge in [0.05, 0.1) is 0 Å². The molecule has 1 heterocycles. The van der Waals surface area contributed by atoms with Gasteiger partial charge in [0.2, 0.25) is 0 Å². The van der Waals surface area contributed by atoms with Crippen LogP contribution >= 0.6 is 0 Å². The largest absolute Gasteiger partial charge is 0.333 e. The van der Waals surface area contributed by atoms with Crippen LogP contribution in [0.25, 0.3) is 0 Å². The van der Waals surface area contributed by atoms with Crippen LogP contribution in [0, 0.1) is 11.7 Å². The molecule has 2 rings (SSSR count). The van der Waals surface area contributed by atoms with Crippen LogP contribution in [0.3, 0.4) is 0 Å². The maximum Gasteiger partial charge on any atom is 0.254 e. The second-order valence-corrected chi connectivity index (χ2v) is 6.06. The first-order valence-corrected chi connectivity index (χ1v) is 7.27. The highest BCUT2D eigenvalue weighted by Gasteiger charge is 2.30. The molecule has 0 radical (unpaired) electrons. The zero-order chi connectivity index (χ0) is 14.7. The second-order valence-electron chi connectivity index (χ2n) is 6.06. The Kier molecular flexibility index (Phi) is 4.76. The van der Waals surface area contributed by atoms with E-state index in [-0.39, 0.29) is 17.8 Å². The zero-order valence-corrected chi connectivity index (χ0v) is 12.4. The Morgan fingerprint density at radius 1 is 1.40 bits per heavy atom. The molecule has 1 saturated heterocycles. The first-order chi connectivity index (χ1) is 9.47. The molecule has 2 unspecified atom stereocenters. The van der Waals surface area contributed by atoms with Crippen molar-refractivity contribution in [2.24, 2.45) is 5.92 Å². The Bertz CT molecular complexity index is 458. The summed E-state index contributed by atoms with van der Waals surface area (Å²) in [6.45, 7) is 7.94. The van der Waals surface area contributed by atoms with Crippen molar-refractivity contribution in [2.45, 2.75) is 39.3 Å². The van der Waals surface area contributed by atoms with Crippen molar-refractivity contribution >= 4 is 5.91 Å². The van der Waals surface area contributed by atoms with Crippen LogP contribution < -0.4 is 5.32 Å². The van der Waals surface area contributed by atoms with Gasteiger partial charge in [-0.25, -0.2) is 4.39 Å². The lowest BCUT2D eigenvalue weighted by Crippen LogP contribution is -2.57. The van der Waals surface area contributed by atoms with Crippen molar-refractivity contribution in [3.05, 3.63) is 35.6 Å². The first-order valence-electron chi connectivity index (χ1n) is 7.27. The number of amides is 1. The van der Waals surface area contributed by atoms with Crippen molar-refractivity contribution in [3.63, 3.8) is 0 Å². The molecule has 0 bridgehead atoms. The van der Waals surface area contributed by atoms with Gasteiger partial charge in [-0.2, -0.15) is 0 Å². The maximum absolute atomic E-state index is 13.0. The summed E-state index contributed by atoms with van der Waals surface area (Å²) < 4.78 is 13.0. The lowest BCUT2D eigenvalue weighted by Gasteiger charge is -2.40. The minimum atomic E-state index is -0.311. The van der Waals surface area contributed by atoms with Crippen molar-refractivity contribution < 1.29 is 9.18 Å². The van der Waals surface area contributed by atoms with Crippen molar-refractivity contribution in [1.29, 1.82) is 0 Å². The van der Waals surface area contributed by atoms with Crippen LogP contribution in [0.1, 0.15) is 37.6 Å². The van der Waals surface area contributed by atoms with E-state index in [0.717, 1.165) is 13.0 Å². The molecule has 1 aliphatic rings. The number of piperazine rings is 1. The minimum Gasteiger partial charge on any atom is -0.333 e. The highest BCUT2D eigenvalue weighted by molar-refractivity contribution is 5.94. The van der Waals surface area contributed by atoms with Crippen molar-refractivity contribution in [1.82, 2.24) is 10.2 Å². The number of nitrogens with one attached hydrogen (secondary N) is 1. The molecule has 3 nitrogen and oxygen atoms in total. The summed E-state index contributed by atoms with van der Waals surface area (Å²) in [5, 5.41) is 3.43. The van der Waals surface area contributed by atoms with Crippen LogP contribution in [0.5, 0.6) is 0 Å². The molecule has 1 aliphatic heterocycles. The van der Waals surface area contributed by atoms with Crippen molar-refractivity contribution in [3.8, 4) is 0 Å². The second kappa shape index (κ2) is 6.35. The first kappa shape index (κ1) is 15.0. The predicted molar refractivity (Wildman–Crippen MR) is 78.1 cm³/mol. The number of rotatable bonds is 3. The standard InChI is InChI=1S/C16H23FN2O/c1-11(2)8-15-9-18-12(3)10-19(15)16(20)13-4-6-14(17)7-5-13/h4-7,11-12,15,18H,8-10H2,1-3H3. The smallest absolute Gasteiger partial charge is 0.254 e. The third-order valence-electron chi connectivity index (χ3n) is 3.71. The Labute approximate surface area is 120 Å². The summed E-state index contributed by atoms with van der Waals surface area (Å²) in [5.41, 5.74) is 0.564. The molecule has 0 saturated carbocycles. The van der Waals surface area contributed by atoms with Crippen molar-refractivity contribution in [2.75, 3.05) is 13.1 Å². The maximum atomic E-state index is 13.0. The van der Waals surface area contributed by atoms with Gasteiger partial charge in [0.1, 0.15) is 5.82 Å². The van der Waals surface area contributed by atoms with Gasteiger partial charge in [0.15, 0.2) is 0 Å². The molecule has 1 aromatic rings. The van der Waals surface area contributed by atoms with E-state index in [2.05, 4.69) is 26.1 Å². The summed E-state index contributed by atoms with van der Waals surface area (Å²) in [4.78, 5) is 14.6. The van der Waals surface area contributed by atoms with Gasteiger partial charge < -0.3 is 10.2 Å². The summed E-state index contributed by atoms with van der Waals surface area (Å²) in [5.74, 6) is 0.233. The quantitative estimate of drug-likeness (QED) is 0.922. The lowest BCUT2D eigenvalue weighted by atomic mass is 9.98. The molecular formula is C16H23FN2O. The molecule has 110 valence electrons. The molecular weight excluding hydrogens is 255 g/mol. The van der Waals surface area contributed by atoms with E-state index in [9.17, 15) is 9.18 Å². The molecule has 20 heavy (non-hydrogen) atoms. The zero-order valence-electron chi connectivity index (χ0n) is 12.4. The van der Waals surface area contributed by atoms with E-state index in [1.807, 2.05) is 4.90 Å². The summed E-state index contributed by atoms with van der Waals surface area (Å²) in [6, 6.07) is 6.33. The van der Waals surface area contributed by atoms with E-state index in [0.29, 0.717) is 24.1 Å². The number of halogens is 1. The van der Waals surface area contributed by atoms with Gasteiger partial charge in [0, 0.05) is 30.7 Å². The number of benzene rings is 1. The lowest BCUT2D eigenvalue weighted by molar-refractivity contribution is 0.0563. The molecule has 2 atom stereocenters. The van der Waals surface area contributed by atoms with Crippen LogP contribution in [-0.4, -0.2) is 36.0 Å². The average Bonchev–Trinajstić information content (AvgIpc) is 2.40. The monoisotopic (exact) mass is 278 g/mol. The molecule has 0 aromatic heterocycles. The Morgan fingerprint density at radius 2 is 2.05 bits per heavy atom. The molecule has 1 N–H and O–H groups in total. The van der Waals surface area contributed by atoms with Gasteiger partial charge >= 0.3 is 0 Å². The van der Waals surface area contributed by atoms with Crippen LogP contribution in [0.4, 0.5) is 4.39 Å². The molecule has 1 amide bonds. The van der Waals surface area contributed by atoms with E-state index in [1.54, 1.807) is 12.1 Å². The summed E-state index contributed by atoms with van der Waals surface area (Å²) >= 11 is 0. The fourth-order valence-electron chi connectivity index (χ4n) is 2.72. The highest BCUT2D eigenvalue weighted by atomic mass is 19.1. The van der Waals surface area contributed by atoms with Crippen LogP contribution in [0.2, 0.25) is 0 Å². The number of carbonyl (C=O) groups is 1. The fraction of sp³-hybridized carbons (Fsp3) is 0.562. The third kappa shape index (κ3) is 3.57. The highest BCUT2D eigenvalue weighted by Crippen LogP contribution is 2.18. The number of hydrogen-bond donors (Lipinski definition) is 1. The van der Waals surface area contributed by atoms with Gasteiger partial charge in [-0.1, -0.05) is 13.8 Å². The molecule has 0 aliphatic carbocycles. The summed E-state index contributed by atoms with van der Waals surface area (Å²) in [6.07, 6.45) is 0.979. The van der Waals surface area contributed by atoms with Gasteiger partial charge in [-0.05, 0) is 43.5 Å². The molecule has 4 heteroatoms. The number of nitrogens with zero attached hydrogens (tertiary/aromatic N) is 1. The van der Waals surface area contributed by atoms with Gasteiger partial charge in [0.25, 0.3) is 5.91 Å². The number of hydrogen-bond acceptors (Lipinski definition) is 2. The average molecular weight is 278 g/mol. The SMILES string of the molecule is CC(C)CC1CNC(C)CN1C(=O)c1ccc(F)cc1. The fourth-order valence-corrected chi connectivity index (χ4v) is 2.72. The molecule has 0 spiro atoms. The number of carbonyl (C=O) groups excluding carboxylic acids is 1. The Hall–Kier alpha value is -1.42. The van der Waals surface area contributed by atoms with E-state index < -0.39 is 0 Å². The normalized spacial score (nSPS) is 23.1. The third-order valence-corrected chi connectivity index (χ3v) is 3.71. The van der Waals surface area contributed by atoms with Crippen LogP contribution in [0.15, 0.2) is 24.3 Å². The van der Waals surface area contributed by atoms with E-state index in [1.165, 1.54) is 12.1 Å². The van der Waals surface area contributed by atoms with Gasteiger partial charge in [-0.15, -0.1) is 0 Å². The predicted octanol–water partition coefficient (Wildman–Crippen LogP) is 2.67. The summed E-state index contributed by atoms with van der Waals surface area (Å²) in [7, 11) is 0. The topological polar surface area (TPSA) is 32.3 Å². The van der Waals surface area contributed by atoms with E-state index in [4.69, 9.17) is 0 Å². The molecule has 1 fully saturated rings. The Morgan fingerprint density at radius 3 is 2.65 bits per heavy atom. The van der Waals surface area contributed by atoms with Crippen LogP contribution in [-0.2, 0) is 0 Å². The molecule has 1 aromatic carbocycles. The minimum absolute atomic E-state index is 0.00370. The Balaban J connectivity index is 2.16. The van der Waals surface area contributed by atoms with E-state index >= 15 is 0 Å².